The Labute approximate surface area is 344 Å². The molecule has 1 amide bonds. The number of amides is 1. The summed E-state index contributed by atoms with van der Waals surface area (Å²) in [5, 5.41) is 66.8. The predicted molar refractivity (Wildman–Crippen MR) is 220 cm³/mol. The van der Waals surface area contributed by atoms with Crippen LogP contribution >= 0.6 is 0 Å². The highest BCUT2D eigenvalue weighted by Gasteiger charge is 2.50. The molecule has 0 spiro atoms. The molecule has 1 fully saturated rings. The van der Waals surface area contributed by atoms with Gasteiger partial charge in [-0.15, -0.1) is 0 Å². The highest BCUT2D eigenvalue weighted by atomic mass is 16.7. The molecule has 0 saturated carbocycles. The van der Waals surface area contributed by atoms with Gasteiger partial charge in [0.2, 0.25) is 0 Å². The monoisotopic (exact) mass is 822 g/mol. The number of esters is 1. The van der Waals surface area contributed by atoms with Crippen molar-refractivity contribution in [3.63, 3.8) is 0 Å². The molecule has 4 aliphatic heterocycles. The van der Waals surface area contributed by atoms with E-state index in [1.165, 1.54) is 59.4 Å². The van der Waals surface area contributed by atoms with E-state index in [9.17, 15) is 39.9 Å². The number of anilines is 1. The first-order valence-electron chi connectivity index (χ1n) is 19.8. The summed E-state index contributed by atoms with van der Waals surface area (Å²) in [6, 6.07) is 0. The summed E-state index contributed by atoms with van der Waals surface area (Å²) >= 11 is 0. The van der Waals surface area contributed by atoms with Crippen LogP contribution in [-0.4, -0.2) is 130 Å². The zero-order valence-corrected chi connectivity index (χ0v) is 35.3. The van der Waals surface area contributed by atoms with E-state index in [1.54, 1.807) is 44.9 Å². The fourth-order valence-corrected chi connectivity index (χ4v) is 7.92. The van der Waals surface area contributed by atoms with Crippen molar-refractivity contribution in [2.24, 2.45) is 28.8 Å². The van der Waals surface area contributed by atoms with E-state index in [-0.39, 0.29) is 44.5 Å². The first-order chi connectivity index (χ1) is 27.7. The molecule has 2 aromatic carbocycles. The molecule has 9 atom stereocenters. The Bertz CT molecular complexity index is 2070. The van der Waals surface area contributed by atoms with Gasteiger partial charge in [-0.05, 0) is 27.0 Å². The number of allylic oxidation sites excluding steroid dienone is 2. The lowest BCUT2D eigenvalue weighted by atomic mass is 9.78. The lowest BCUT2D eigenvalue weighted by molar-refractivity contribution is -0.160. The molecule has 6 N–H and O–H groups in total. The third kappa shape index (κ3) is 8.91. The molecule has 0 radical (unpaired) electrons. The van der Waals surface area contributed by atoms with E-state index in [1.807, 2.05) is 7.05 Å². The molecule has 322 valence electrons. The number of rotatable bonds is 4. The standard InChI is InChI=1S/C43H58N4O12/c1-21-12-11-13-22(2)42(55)45-33-28(20-44-47-17-15-46(9)16-18-47)37(52)30-31(38(33)53)36(51)26(6)40-32(30)41(54)43(8,59-40)57-19-14-29(56-10)23(3)39(58-27(7)48)25(5)35(50)24(4)34(21)49/h11-14,19-21,23-25,29,34-35,39,49-53H,15-18H2,1-10H3,(H,45,55)/b12-11+,19-14+,22-13-,44-20+. The number of methoxy groups -OCH3 is 1. The average molecular weight is 823 g/mol. The van der Waals surface area contributed by atoms with E-state index in [2.05, 4.69) is 15.3 Å². The molecular formula is C43H58N4O12. The number of aromatic hydroxyl groups is 3. The zero-order chi connectivity index (χ0) is 43.7. The molecule has 6 rings (SSSR count). The Balaban J connectivity index is 1.70. The number of ketones is 1. The van der Waals surface area contributed by atoms with Crippen molar-refractivity contribution in [2.75, 3.05) is 45.7 Å². The van der Waals surface area contributed by atoms with Gasteiger partial charge in [0.15, 0.2) is 5.75 Å². The molecule has 59 heavy (non-hydrogen) atoms. The Morgan fingerprint density at radius 3 is 2.24 bits per heavy atom. The minimum Gasteiger partial charge on any atom is -0.507 e. The van der Waals surface area contributed by atoms with Crippen LogP contribution in [0.5, 0.6) is 23.0 Å². The van der Waals surface area contributed by atoms with Crippen molar-refractivity contribution in [3.8, 4) is 23.0 Å². The lowest BCUT2D eigenvalue weighted by Crippen LogP contribution is -2.46. The van der Waals surface area contributed by atoms with Gasteiger partial charge in [0.1, 0.15) is 23.4 Å². The molecule has 16 heteroatoms. The van der Waals surface area contributed by atoms with Gasteiger partial charge in [-0.25, -0.2) is 0 Å². The smallest absolute Gasteiger partial charge is 0.312 e. The number of ether oxygens (including phenoxy) is 4. The van der Waals surface area contributed by atoms with Crippen molar-refractivity contribution in [3.05, 3.63) is 52.8 Å². The minimum absolute atomic E-state index is 0.0559. The Kier molecular flexibility index (Phi) is 13.7. The highest BCUT2D eigenvalue weighted by Crippen LogP contribution is 2.55. The largest absolute Gasteiger partial charge is 0.507 e. The minimum atomic E-state index is -2.04. The normalized spacial score (nSPS) is 32.1. The first-order valence-corrected chi connectivity index (χ1v) is 19.8. The molecule has 2 aromatic rings. The Morgan fingerprint density at radius 1 is 0.949 bits per heavy atom. The third-order valence-corrected chi connectivity index (χ3v) is 11.9. The number of hydrazone groups is 1. The molecule has 16 nitrogen and oxygen atoms in total. The summed E-state index contributed by atoms with van der Waals surface area (Å²) in [6.07, 6.45) is 4.86. The van der Waals surface area contributed by atoms with Gasteiger partial charge >= 0.3 is 11.8 Å². The number of aliphatic hydroxyl groups is 2. The van der Waals surface area contributed by atoms with Crippen LogP contribution in [-0.2, 0) is 23.8 Å². The molecule has 0 aromatic heterocycles. The van der Waals surface area contributed by atoms with Crippen LogP contribution in [0.25, 0.3) is 10.8 Å². The maximum absolute atomic E-state index is 14.4. The van der Waals surface area contributed by atoms with Crippen LogP contribution in [0.15, 0.2) is 41.2 Å². The second-order valence-electron chi connectivity index (χ2n) is 16.1. The van der Waals surface area contributed by atoms with E-state index in [4.69, 9.17) is 18.9 Å². The number of hydrogen-bond acceptors (Lipinski definition) is 15. The number of fused-ring (bicyclic) bond motifs is 14. The van der Waals surface area contributed by atoms with Crippen LogP contribution in [0.4, 0.5) is 5.69 Å². The number of nitrogens with one attached hydrogen (secondary N) is 1. The number of phenolic OH excluding ortho intramolecular Hbond substituents is 3. The Hall–Kier alpha value is -5.16. The van der Waals surface area contributed by atoms with E-state index < -0.39 is 88.8 Å². The number of nitrogens with zero attached hydrogens (tertiary/aromatic N) is 3. The lowest BCUT2D eigenvalue weighted by Gasteiger charge is -2.38. The van der Waals surface area contributed by atoms with Crippen LogP contribution in [0.2, 0.25) is 0 Å². The van der Waals surface area contributed by atoms with Gasteiger partial charge in [-0.2, -0.15) is 5.10 Å². The van der Waals surface area contributed by atoms with Crippen LogP contribution in [0, 0.1) is 30.6 Å². The number of piperazine rings is 1. The number of likely N-dealkylation sites (N-methyl/N-ethyl adjacent to an activating group) is 1. The fraction of sp³-hybridized carbons (Fsp3) is 0.535. The Morgan fingerprint density at radius 2 is 1.61 bits per heavy atom. The maximum Gasteiger partial charge on any atom is 0.312 e. The van der Waals surface area contributed by atoms with Crippen molar-refractivity contribution >= 4 is 40.3 Å². The first kappa shape index (κ1) is 44.9. The van der Waals surface area contributed by atoms with E-state index in [0.717, 1.165) is 13.1 Å². The van der Waals surface area contributed by atoms with Crippen molar-refractivity contribution < 1.29 is 58.9 Å². The third-order valence-electron chi connectivity index (χ3n) is 11.9. The molecule has 5 bridgehead atoms. The number of carbonyl (C=O) groups is 3. The molecule has 0 aliphatic carbocycles. The topological polar surface area (TPSA) is 220 Å². The maximum atomic E-state index is 14.4. The van der Waals surface area contributed by atoms with Gasteiger partial charge in [0.25, 0.3) is 11.7 Å². The summed E-state index contributed by atoms with van der Waals surface area (Å²) in [7, 11) is 3.42. The van der Waals surface area contributed by atoms with Gasteiger partial charge in [0, 0.05) is 87.3 Å². The second kappa shape index (κ2) is 18.0. The molecule has 4 aliphatic rings. The number of Topliss-reactive ketones (excluding diaryl/α,β-unsaturated/α-hetero) is 1. The fourth-order valence-electron chi connectivity index (χ4n) is 7.92. The summed E-state index contributed by atoms with van der Waals surface area (Å²) in [5.74, 6) is -8.34. The van der Waals surface area contributed by atoms with Gasteiger partial charge < -0.3 is 54.7 Å². The quantitative estimate of drug-likeness (QED) is 0.109. The van der Waals surface area contributed by atoms with Gasteiger partial charge in [-0.3, -0.25) is 19.4 Å². The van der Waals surface area contributed by atoms with Crippen LogP contribution < -0.4 is 10.1 Å². The summed E-state index contributed by atoms with van der Waals surface area (Å²) in [6.45, 7) is 15.1. The van der Waals surface area contributed by atoms with Crippen LogP contribution in [0.3, 0.4) is 0 Å². The predicted octanol–water partition coefficient (Wildman–Crippen LogP) is 4.34. The summed E-state index contributed by atoms with van der Waals surface area (Å²) in [5.41, 5.74) is -0.350. The zero-order valence-electron chi connectivity index (χ0n) is 35.3. The number of aliphatic hydroxyl groups excluding tert-OH is 2. The van der Waals surface area contributed by atoms with Gasteiger partial charge in [-0.1, -0.05) is 45.9 Å². The number of phenols is 3. The van der Waals surface area contributed by atoms with E-state index >= 15 is 0 Å². The highest BCUT2D eigenvalue weighted by molar-refractivity contribution is 6.23. The average Bonchev–Trinajstić information content (AvgIpc) is 3.46. The van der Waals surface area contributed by atoms with E-state index in [0.29, 0.717) is 13.1 Å². The summed E-state index contributed by atoms with van der Waals surface area (Å²) in [4.78, 5) is 42.6. The molecule has 1 saturated heterocycles. The number of hydrogen-bond donors (Lipinski definition) is 6. The van der Waals surface area contributed by atoms with Crippen LogP contribution in [0.1, 0.15) is 70.0 Å². The van der Waals surface area contributed by atoms with Crippen molar-refractivity contribution in [2.45, 2.75) is 85.6 Å². The summed E-state index contributed by atoms with van der Waals surface area (Å²) < 4.78 is 23.6. The number of benzene rings is 2. The molecule has 9 unspecified atom stereocenters. The SMILES string of the molecule is COC1/C=C/OC2(C)Oc3c(C)c(O)c4c(O)c(c(/C=N/N5CCN(C)CC5)c(O)c4c3C2=O)NC(=O)/C(C)=C\C=C\C(C)C(O)C(C)C(O)C(C)C(OC(C)=O)C1C. The molecular weight excluding hydrogens is 764 g/mol. The van der Waals surface area contributed by atoms with Crippen molar-refractivity contribution in [1.29, 1.82) is 0 Å². The second-order valence-corrected chi connectivity index (χ2v) is 16.1. The van der Waals surface area contributed by atoms with Crippen molar-refractivity contribution in [1.82, 2.24) is 9.91 Å². The van der Waals surface area contributed by atoms with Gasteiger partial charge in [0.05, 0.1) is 53.0 Å². The molecule has 4 heterocycles. The number of carbonyl (C=O) groups excluding carboxylic acids is 3.